The second-order valence-electron chi connectivity index (χ2n) is 3.97. The van der Waals surface area contributed by atoms with Crippen LogP contribution in [-0.2, 0) is 14.8 Å². The van der Waals surface area contributed by atoms with Gasteiger partial charge in [-0.2, -0.15) is 4.72 Å². The van der Waals surface area contributed by atoms with Crippen molar-refractivity contribution in [2.24, 2.45) is 5.73 Å². The smallest absolute Gasteiger partial charge is 0.242 e. The summed E-state index contributed by atoms with van der Waals surface area (Å²) >= 11 is 10.7. The summed E-state index contributed by atoms with van der Waals surface area (Å²) < 4.78 is 26.5. The highest BCUT2D eigenvalue weighted by Gasteiger charge is 2.23. The van der Waals surface area contributed by atoms with Crippen LogP contribution in [0.5, 0.6) is 0 Å². The van der Waals surface area contributed by atoms with Gasteiger partial charge in [0.2, 0.25) is 15.9 Å². The number of benzene rings is 1. The molecule has 4 N–H and O–H groups in total. The molecule has 1 unspecified atom stereocenters. The fourth-order valence-corrected chi connectivity index (χ4v) is 3.31. The van der Waals surface area contributed by atoms with E-state index in [1.807, 2.05) is 0 Å². The maximum Gasteiger partial charge on any atom is 0.242 e. The number of likely N-dealkylation sites (N-methyl/N-ethyl adjacent to an activating group) is 1. The van der Waals surface area contributed by atoms with E-state index in [-0.39, 0.29) is 14.9 Å². The Hall–Kier alpha value is -1.22. The first-order chi connectivity index (χ1) is 9.19. The summed E-state index contributed by atoms with van der Waals surface area (Å²) in [6.45, 7) is 1.42. The minimum absolute atomic E-state index is 0.0214. The van der Waals surface area contributed by atoms with E-state index in [2.05, 4.69) is 10.0 Å². The molecule has 6 nitrogen and oxygen atoms in total. The third kappa shape index (κ3) is 3.89. The molecule has 0 bridgehead atoms. The predicted octanol–water partition coefficient (Wildman–Crippen LogP) is 0.387. The minimum Gasteiger partial charge on any atom is -0.389 e. The zero-order chi connectivity index (χ0) is 15.5. The molecule has 0 spiro atoms. The number of sulfonamides is 1. The van der Waals surface area contributed by atoms with Crippen LogP contribution in [0.2, 0.25) is 5.02 Å². The average Bonchev–Trinajstić information content (AvgIpc) is 2.36. The topological polar surface area (TPSA) is 101 Å². The maximum absolute atomic E-state index is 12.1. The fourth-order valence-electron chi connectivity index (χ4n) is 1.44. The van der Waals surface area contributed by atoms with Crippen LogP contribution in [0.1, 0.15) is 12.5 Å². The number of rotatable bonds is 5. The third-order valence-corrected chi connectivity index (χ3v) is 4.74. The van der Waals surface area contributed by atoms with E-state index in [1.165, 1.54) is 32.2 Å². The Morgan fingerprint density at radius 3 is 2.50 bits per heavy atom. The Morgan fingerprint density at radius 2 is 2.05 bits per heavy atom. The number of halogens is 1. The first kappa shape index (κ1) is 16.8. The highest BCUT2D eigenvalue weighted by Crippen LogP contribution is 2.22. The molecule has 0 saturated carbocycles. The molecular formula is C11H14ClN3O3S2. The van der Waals surface area contributed by atoms with Gasteiger partial charge < -0.3 is 11.1 Å². The number of carbonyl (C=O) groups is 1. The van der Waals surface area contributed by atoms with Crippen LogP contribution in [0.3, 0.4) is 0 Å². The van der Waals surface area contributed by atoms with Gasteiger partial charge in [0.15, 0.2) is 0 Å². The predicted molar refractivity (Wildman–Crippen MR) is 81.2 cm³/mol. The number of thiocarbonyl (C=S) groups is 1. The summed E-state index contributed by atoms with van der Waals surface area (Å²) in [6.07, 6.45) is 0. The fraction of sp³-hybridized carbons (Fsp3) is 0.273. The second-order valence-corrected chi connectivity index (χ2v) is 6.50. The standard InChI is InChI=1S/C11H14ClN3O3S2/c1-6(11(16)14-2)15-20(17,18)9-4-3-7(10(13)19)5-8(9)12/h3-6,15H,1-2H3,(H2,13,19)(H,14,16). The summed E-state index contributed by atoms with van der Waals surface area (Å²) in [5.74, 6) is -0.454. The van der Waals surface area contributed by atoms with Gasteiger partial charge in [-0.05, 0) is 19.1 Å². The van der Waals surface area contributed by atoms with Crippen molar-refractivity contribution in [1.29, 1.82) is 0 Å². The quantitative estimate of drug-likeness (QED) is 0.676. The van der Waals surface area contributed by atoms with Gasteiger partial charge in [0.05, 0.1) is 11.1 Å². The summed E-state index contributed by atoms with van der Waals surface area (Å²) in [5, 5.41) is 2.32. The van der Waals surface area contributed by atoms with Gasteiger partial charge in [0.1, 0.15) is 9.88 Å². The van der Waals surface area contributed by atoms with E-state index in [0.29, 0.717) is 5.56 Å². The van der Waals surface area contributed by atoms with Crippen molar-refractivity contribution in [1.82, 2.24) is 10.0 Å². The summed E-state index contributed by atoms with van der Waals surface area (Å²) in [6, 6.07) is 3.18. The van der Waals surface area contributed by atoms with Crippen LogP contribution < -0.4 is 15.8 Å². The Kier molecular flexibility index (Phi) is 5.46. The molecule has 0 aliphatic carbocycles. The Morgan fingerprint density at radius 1 is 1.45 bits per heavy atom. The lowest BCUT2D eigenvalue weighted by atomic mass is 10.2. The highest BCUT2D eigenvalue weighted by atomic mass is 35.5. The molecule has 1 rings (SSSR count). The van der Waals surface area contributed by atoms with Gasteiger partial charge in [-0.25, -0.2) is 8.42 Å². The SMILES string of the molecule is CNC(=O)C(C)NS(=O)(=O)c1ccc(C(N)=S)cc1Cl. The van der Waals surface area contributed by atoms with Gasteiger partial charge in [-0.3, -0.25) is 4.79 Å². The van der Waals surface area contributed by atoms with Crippen LogP contribution in [0, 0.1) is 0 Å². The van der Waals surface area contributed by atoms with Gasteiger partial charge in [0, 0.05) is 12.6 Å². The molecule has 0 heterocycles. The Bertz CT molecular complexity index is 646. The largest absolute Gasteiger partial charge is 0.389 e. The number of nitrogens with one attached hydrogen (secondary N) is 2. The number of amides is 1. The Balaban J connectivity index is 3.10. The van der Waals surface area contributed by atoms with Crippen LogP contribution in [0.4, 0.5) is 0 Å². The third-order valence-electron chi connectivity index (χ3n) is 2.48. The first-order valence-corrected chi connectivity index (χ1v) is 7.79. The molecule has 110 valence electrons. The molecule has 1 amide bonds. The lowest BCUT2D eigenvalue weighted by Gasteiger charge is -2.14. The van der Waals surface area contributed by atoms with Crippen molar-refractivity contribution in [3.05, 3.63) is 28.8 Å². The number of hydrogen-bond donors (Lipinski definition) is 3. The van der Waals surface area contributed by atoms with Crippen molar-refractivity contribution in [3.63, 3.8) is 0 Å². The van der Waals surface area contributed by atoms with E-state index >= 15 is 0 Å². The molecule has 0 radical (unpaired) electrons. The zero-order valence-electron chi connectivity index (χ0n) is 10.8. The van der Waals surface area contributed by atoms with Crippen molar-refractivity contribution in [2.45, 2.75) is 17.9 Å². The van der Waals surface area contributed by atoms with Gasteiger partial charge in [0.25, 0.3) is 0 Å². The highest BCUT2D eigenvalue weighted by molar-refractivity contribution is 7.89. The van der Waals surface area contributed by atoms with E-state index in [1.54, 1.807) is 0 Å². The number of nitrogens with two attached hydrogens (primary N) is 1. The van der Waals surface area contributed by atoms with Gasteiger partial charge in [-0.1, -0.05) is 29.9 Å². The van der Waals surface area contributed by atoms with Crippen LogP contribution >= 0.6 is 23.8 Å². The van der Waals surface area contributed by atoms with E-state index < -0.39 is 22.0 Å². The molecule has 1 aromatic carbocycles. The first-order valence-electron chi connectivity index (χ1n) is 5.52. The van der Waals surface area contributed by atoms with Gasteiger partial charge >= 0.3 is 0 Å². The van der Waals surface area contributed by atoms with Crippen LogP contribution in [0.25, 0.3) is 0 Å². The molecule has 0 aliphatic heterocycles. The monoisotopic (exact) mass is 335 g/mol. The van der Waals surface area contributed by atoms with E-state index in [9.17, 15) is 13.2 Å². The van der Waals surface area contributed by atoms with Crippen molar-refractivity contribution >= 4 is 44.7 Å². The van der Waals surface area contributed by atoms with Crippen molar-refractivity contribution in [3.8, 4) is 0 Å². The molecule has 9 heteroatoms. The summed E-state index contributed by atoms with van der Waals surface area (Å²) in [5.41, 5.74) is 5.90. The van der Waals surface area contributed by atoms with E-state index in [0.717, 1.165) is 0 Å². The normalized spacial score (nSPS) is 12.8. The molecule has 1 aromatic rings. The molecule has 20 heavy (non-hydrogen) atoms. The molecule has 0 aromatic heterocycles. The minimum atomic E-state index is -3.91. The maximum atomic E-state index is 12.1. The molecular weight excluding hydrogens is 322 g/mol. The van der Waals surface area contributed by atoms with Crippen LogP contribution in [0.15, 0.2) is 23.1 Å². The van der Waals surface area contributed by atoms with E-state index in [4.69, 9.17) is 29.6 Å². The Labute approximate surface area is 127 Å². The number of hydrogen-bond acceptors (Lipinski definition) is 4. The second kappa shape index (κ2) is 6.49. The van der Waals surface area contributed by atoms with Crippen LogP contribution in [-0.4, -0.2) is 32.4 Å². The summed E-state index contributed by atoms with van der Waals surface area (Å²) in [4.78, 5) is 11.3. The molecule has 0 aliphatic rings. The average molecular weight is 336 g/mol. The summed E-state index contributed by atoms with van der Waals surface area (Å²) in [7, 11) is -2.50. The van der Waals surface area contributed by atoms with Crippen molar-refractivity contribution < 1.29 is 13.2 Å². The molecule has 1 atom stereocenters. The van der Waals surface area contributed by atoms with Crippen molar-refractivity contribution in [2.75, 3.05) is 7.05 Å². The molecule has 0 fully saturated rings. The number of carbonyl (C=O) groups excluding carboxylic acids is 1. The lowest BCUT2D eigenvalue weighted by Crippen LogP contribution is -2.43. The molecule has 0 saturated heterocycles. The lowest BCUT2D eigenvalue weighted by molar-refractivity contribution is -0.121. The van der Waals surface area contributed by atoms with Gasteiger partial charge in [-0.15, -0.1) is 0 Å². The zero-order valence-corrected chi connectivity index (χ0v) is 13.2.